The summed E-state index contributed by atoms with van der Waals surface area (Å²) in [5, 5.41) is 2.99. The summed E-state index contributed by atoms with van der Waals surface area (Å²) in [6.45, 7) is 6.92. The average Bonchev–Trinajstić information content (AvgIpc) is 2.67. The zero-order valence-corrected chi connectivity index (χ0v) is 15.8. The van der Waals surface area contributed by atoms with Crippen molar-refractivity contribution in [1.82, 2.24) is 10.2 Å². The highest BCUT2D eigenvalue weighted by molar-refractivity contribution is 5.88. The molecular formula is C22H28N2O2. The van der Waals surface area contributed by atoms with Crippen LogP contribution in [0.5, 0.6) is 0 Å². The zero-order valence-electron chi connectivity index (χ0n) is 15.8. The van der Waals surface area contributed by atoms with E-state index < -0.39 is 6.04 Å². The maximum atomic E-state index is 13.0. The summed E-state index contributed by atoms with van der Waals surface area (Å²) in [7, 11) is 0. The van der Waals surface area contributed by atoms with Gasteiger partial charge in [-0.05, 0) is 17.0 Å². The minimum Gasteiger partial charge on any atom is -0.354 e. The van der Waals surface area contributed by atoms with Gasteiger partial charge in [-0.25, -0.2) is 0 Å². The molecule has 4 heteroatoms. The minimum atomic E-state index is -0.636. The lowest BCUT2D eigenvalue weighted by molar-refractivity contribution is -0.141. The van der Waals surface area contributed by atoms with E-state index >= 15 is 0 Å². The summed E-state index contributed by atoms with van der Waals surface area (Å²) in [5.74, 6) is 0.171. The Morgan fingerprint density at radius 2 is 1.54 bits per heavy atom. The number of nitrogens with one attached hydrogen (secondary N) is 1. The molecule has 2 aromatic rings. The van der Waals surface area contributed by atoms with E-state index in [0.29, 0.717) is 25.4 Å². The first-order valence-electron chi connectivity index (χ1n) is 9.19. The van der Waals surface area contributed by atoms with Gasteiger partial charge in [0.1, 0.15) is 6.04 Å². The van der Waals surface area contributed by atoms with Crippen molar-refractivity contribution in [2.24, 2.45) is 5.92 Å². The van der Waals surface area contributed by atoms with Crippen LogP contribution in [-0.2, 0) is 16.1 Å². The first-order valence-corrected chi connectivity index (χ1v) is 9.19. The number of benzene rings is 2. The first-order chi connectivity index (χ1) is 12.5. The molecule has 2 rings (SSSR count). The van der Waals surface area contributed by atoms with Gasteiger partial charge >= 0.3 is 0 Å². The van der Waals surface area contributed by atoms with E-state index in [9.17, 15) is 9.59 Å². The number of amides is 2. The Kier molecular flexibility index (Phi) is 7.39. The van der Waals surface area contributed by atoms with Crippen molar-refractivity contribution in [3.63, 3.8) is 0 Å². The van der Waals surface area contributed by atoms with E-state index in [4.69, 9.17) is 0 Å². The Labute approximate surface area is 156 Å². The number of carbonyl (C=O) groups is 2. The number of rotatable bonds is 8. The van der Waals surface area contributed by atoms with E-state index in [0.717, 1.165) is 11.1 Å². The molecule has 1 N–H and O–H groups in total. The summed E-state index contributed by atoms with van der Waals surface area (Å²) in [6, 6.07) is 18.7. The normalized spacial score (nSPS) is 11.8. The number of hydrogen-bond donors (Lipinski definition) is 1. The largest absolute Gasteiger partial charge is 0.354 e. The van der Waals surface area contributed by atoms with Crippen LogP contribution in [0.1, 0.15) is 44.4 Å². The molecule has 0 aliphatic rings. The highest BCUT2D eigenvalue weighted by Gasteiger charge is 2.30. The molecule has 0 bridgehead atoms. The molecule has 0 radical (unpaired) electrons. The van der Waals surface area contributed by atoms with E-state index in [-0.39, 0.29) is 11.8 Å². The van der Waals surface area contributed by atoms with Gasteiger partial charge in [0.15, 0.2) is 0 Å². The molecule has 26 heavy (non-hydrogen) atoms. The molecular weight excluding hydrogens is 324 g/mol. The van der Waals surface area contributed by atoms with Crippen molar-refractivity contribution in [3.8, 4) is 0 Å². The van der Waals surface area contributed by atoms with Gasteiger partial charge in [-0.15, -0.1) is 0 Å². The van der Waals surface area contributed by atoms with Crippen LogP contribution in [0.15, 0.2) is 60.7 Å². The van der Waals surface area contributed by atoms with Gasteiger partial charge in [-0.3, -0.25) is 9.59 Å². The highest BCUT2D eigenvalue weighted by Crippen LogP contribution is 2.24. The molecule has 0 aliphatic heterocycles. The van der Waals surface area contributed by atoms with Crippen LogP contribution in [-0.4, -0.2) is 23.3 Å². The standard InChI is InChI=1S/C22H28N2O2/c1-4-20(25)24(16-18-11-7-5-8-12-18)21(19-13-9-6-10-14-19)22(26)23-15-17(2)3/h5-14,17,21H,4,15-16H2,1-3H3,(H,23,26). The van der Waals surface area contributed by atoms with Gasteiger partial charge in [0, 0.05) is 19.5 Å². The summed E-state index contributed by atoms with van der Waals surface area (Å²) in [4.78, 5) is 27.4. The predicted molar refractivity (Wildman–Crippen MR) is 104 cm³/mol. The molecule has 0 aromatic heterocycles. The molecule has 2 aromatic carbocycles. The molecule has 1 atom stereocenters. The second-order valence-electron chi connectivity index (χ2n) is 6.81. The Morgan fingerprint density at radius 1 is 0.962 bits per heavy atom. The number of hydrogen-bond acceptors (Lipinski definition) is 2. The second kappa shape index (κ2) is 9.76. The third kappa shape index (κ3) is 5.45. The molecule has 2 amide bonds. The van der Waals surface area contributed by atoms with Crippen LogP contribution in [0, 0.1) is 5.92 Å². The Hall–Kier alpha value is -2.62. The van der Waals surface area contributed by atoms with E-state index in [1.807, 2.05) is 67.6 Å². The highest BCUT2D eigenvalue weighted by atomic mass is 16.2. The van der Waals surface area contributed by atoms with Crippen LogP contribution in [0.2, 0.25) is 0 Å². The Balaban J connectivity index is 2.37. The molecule has 0 heterocycles. The monoisotopic (exact) mass is 352 g/mol. The second-order valence-corrected chi connectivity index (χ2v) is 6.81. The van der Waals surface area contributed by atoms with Crippen molar-refractivity contribution in [3.05, 3.63) is 71.8 Å². The zero-order chi connectivity index (χ0) is 18.9. The summed E-state index contributed by atoms with van der Waals surface area (Å²) >= 11 is 0. The van der Waals surface area contributed by atoms with Gasteiger partial charge < -0.3 is 10.2 Å². The quantitative estimate of drug-likeness (QED) is 0.782. The van der Waals surface area contributed by atoms with Crippen molar-refractivity contribution < 1.29 is 9.59 Å². The fraction of sp³-hybridized carbons (Fsp3) is 0.364. The number of nitrogens with zero attached hydrogens (tertiary/aromatic N) is 1. The van der Waals surface area contributed by atoms with Crippen molar-refractivity contribution in [1.29, 1.82) is 0 Å². The third-order valence-corrected chi connectivity index (χ3v) is 4.18. The fourth-order valence-electron chi connectivity index (χ4n) is 2.82. The van der Waals surface area contributed by atoms with Crippen molar-refractivity contribution in [2.45, 2.75) is 39.8 Å². The molecule has 0 spiro atoms. The van der Waals surface area contributed by atoms with Gasteiger partial charge in [-0.2, -0.15) is 0 Å². The topological polar surface area (TPSA) is 49.4 Å². The van der Waals surface area contributed by atoms with Gasteiger partial charge in [0.05, 0.1) is 0 Å². The molecule has 0 saturated heterocycles. The molecule has 0 fully saturated rings. The van der Waals surface area contributed by atoms with E-state index in [2.05, 4.69) is 19.2 Å². The third-order valence-electron chi connectivity index (χ3n) is 4.18. The molecule has 0 aliphatic carbocycles. The molecule has 0 saturated carbocycles. The summed E-state index contributed by atoms with van der Waals surface area (Å²) in [5.41, 5.74) is 1.83. The van der Waals surface area contributed by atoms with Crippen molar-refractivity contribution in [2.75, 3.05) is 6.54 Å². The van der Waals surface area contributed by atoms with Gasteiger partial charge in [0.25, 0.3) is 0 Å². The Bertz CT molecular complexity index is 699. The lowest BCUT2D eigenvalue weighted by atomic mass is 10.0. The molecule has 4 nitrogen and oxygen atoms in total. The number of carbonyl (C=O) groups excluding carboxylic acids is 2. The summed E-state index contributed by atoms with van der Waals surface area (Å²) in [6.07, 6.45) is 0.355. The minimum absolute atomic E-state index is 0.0394. The van der Waals surface area contributed by atoms with Crippen LogP contribution in [0.25, 0.3) is 0 Å². The van der Waals surface area contributed by atoms with Crippen LogP contribution in [0.4, 0.5) is 0 Å². The summed E-state index contributed by atoms with van der Waals surface area (Å²) < 4.78 is 0. The van der Waals surface area contributed by atoms with Crippen LogP contribution < -0.4 is 5.32 Å². The predicted octanol–water partition coefficient (Wildman–Crippen LogP) is 3.94. The SMILES string of the molecule is CCC(=O)N(Cc1ccccc1)C(C(=O)NCC(C)C)c1ccccc1. The maximum absolute atomic E-state index is 13.0. The first kappa shape index (κ1) is 19.7. The van der Waals surface area contributed by atoms with Gasteiger partial charge in [0.2, 0.25) is 11.8 Å². The lowest BCUT2D eigenvalue weighted by Crippen LogP contribution is -2.44. The van der Waals surface area contributed by atoms with Gasteiger partial charge in [-0.1, -0.05) is 81.4 Å². The molecule has 1 unspecified atom stereocenters. The van der Waals surface area contributed by atoms with Crippen molar-refractivity contribution >= 4 is 11.8 Å². The Morgan fingerprint density at radius 3 is 2.08 bits per heavy atom. The molecule has 138 valence electrons. The fourth-order valence-corrected chi connectivity index (χ4v) is 2.82. The van der Waals surface area contributed by atoms with E-state index in [1.54, 1.807) is 4.90 Å². The smallest absolute Gasteiger partial charge is 0.247 e. The lowest BCUT2D eigenvalue weighted by Gasteiger charge is -2.31. The maximum Gasteiger partial charge on any atom is 0.247 e. The van der Waals surface area contributed by atoms with Crippen LogP contribution >= 0.6 is 0 Å². The van der Waals surface area contributed by atoms with Crippen LogP contribution in [0.3, 0.4) is 0 Å². The van der Waals surface area contributed by atoms with E-state index in [1.165, 1.54) is 0 Å². The average molecular weight is 352 g/mol.